The van der Waals surface area contributed by atoms with E-state index >= 15 is 0 Å². The first-order valence-electron chi connectivity index (χ1n) is 8.76. The van der Waals surface area contributed by atoms with Gasteiger partial charge >= 0.3 is 12.1 Å². The highest BCUT2D eigenvalue weighted by Gasteiger charge is 2.32. The Labute approximate surface area is 171 Å². The van der Waals surface area contributed by atoms with Gasteiger partial charge in [-0.25, -0.2) is 4.79 Å². The van der Waals surface area contributed by atoms with E-state index in [4.69, 9.17) is 9.15 Å². The number of nitrogens with one attached hydrogen (secondary N) is 1. The number of thioether (sulfide) groups is 1. The fourth-order valence-electron chi connectivity index (χ4n) is 2.45. The van der Waals surface area contributed by atoms with E-state index in [1.807, 2.05) is 20.8 Å². The molecule has 0 fully saturated rings. The van der Waals surface area contributed by atoms with Gasteiger partial charge in [-0.2, -0.15) is 13.2 Å². The number of hydrogen-bond donors (Lipinski definition) is 1. The Morgan fingerprint density at radius 1 is 1.17 bits per heavy atom. The largest absolute Gasteiger partial charge is 0.463 e. The second-order valence-electron chi connectivity index (χ2n) is 7.19. The molecule has 1 amide bonds. The molecule has 0 bridgehead atoms. The third-order valence-electron chi connectivity index (χ3n) is 3.94. The quantitative estimate of drug-likeness (QED) is 0.484. The molecule has 0 aliphatic carbocycles. The van der Waals surface area contributed by atoms with E-state index in [-0.39, 0.29) is 21.9 Å². The number of alkyl halides is 3. The Balaban J connectivity index is 2.44. The topological polar surface area (TPSA) is 68.5 Å². The second kappa shape index (κ2) is 8.52. The number of esters is 1. The highest BCUT2D eigenvalue weighted by atomic mass is 32.2. The number of benzene rings is 1. The van der Waals surface area contributed by atoms with Crippen LogP contribution in [0.5, 0.6) is 0 Å². The molecular formula is C20H22F3NO4S. The number of ether oxygens (including phenoxy) is 1. The molecule has 0 atom stereocenters. The Morgan fingerprint density at radius 3 is 2.34 bits per heavy atom. The van der Waals surface area contributed by atoms with Gasteiger partial charge in [-0.05, 0) is 24.0 Å². The summed E-state index contributed by atoms with van der Waals surface area (Å²) in [6, 6.07) is 4.44. The number of methoxy groups -OCH3 is 1. The maximum Gasteiger partial charge on any atom is 0.416 e. The summed E-state index contributed by atoms with van der Waals surface area (Å²) in [4.78, 5) is 25.0. The third kappa shape index (κ3) is 5.35. The van der Waals surface area contributed by atoms with Crippen molar-refractivity contribution in [3.05, 3.63) is 46.9 Å². The van der Waals surface area contributed by atoms with E-state index in [1.54, 1.807) is 6.92 Å². The van der Waals surface area contributed by atoms with E-state index in [9.17, 15) is 22.8 Å². The predicted molar refractivity (Wildman–Crippen MR) is 105 cm³/mol. The van der Waals surface area contributed by atoms with Crippen LogP contribution in [0.1, 0.15) is 59.9 Å². The lowest BCUT2D eigenvalue weighted by Gasteiger charge is -2.13. The lowest BCUT2D eigenvalue weighted by Crippen LogP contribution is -2.16. The average Bonchev–Trinajstić information content (AvgIpc) is 3.04. The van der Waals surface area contributed by atoms with Gasteiger partial charge < -0.3 is 14.5 Å². The molecule has 9 heteroatoms. The molecule has 5 nitrogen and oxygen atoms in total. The smallest absolute Gasteiger partial charge is 0.416 e. The molecule has 0 aliphatic rings. The van der Waals surface area contributed by atoms with Gasteiger partial charge in [-0.15, -0.1) is 11.8 Å². The fraction of sp³-hybridized carbons (Fsp3) is 0.400. The van der Waals surface area contributed by atoms with E-state index in [0.29, 0.717) is 11.5 Å². The summed E-state index contributed by atoms with van der Waals surface area (Å²) >= 11 is 1.12. The lowest BCUT2D eigenvalue weighted by molar-refractivity contribution is -0.137. The predicted octanol–water partition coefficient (Wildman–Crippen LogP) is 5.75. The summed E-state index contributed by atoms with van der Waals surface area (Å²) in [6.07, 6.45) is -4.51. The zero-order valence-electron chi connectivity index (χ0n) is 16.7. The maximum absolute atomic E-state index is 13.0. The average molecular weight is 429 g/mol. The van der Waals surface area contributed by atoms with E-state index < -0.39 is 29.0 Å². The summed E-state index contributed by atoms with van der Waals surface area (Å²) in [7, 11) is 1.18. The van der Waals surface area contributed by atoms with Gasteiger partial charge in [0.15, 0.2) is 0 Å². The number of carbonyl (C=O) groups excluding carboxylic acids is 2. The van der Waals surface area contributed by atoms with Gasteiger partial charge in [-0.1, -0.05) is 27.7 Å². The van der Waals surface area contributed by atoms with Crippen molar-refractivity contribution in [1.29, 1.82) is 0 Å². The zero-order valence-corrected chi connectivity index (χ0v) is 17.5. The molecule has 1 N–H and O–H groups in total. The number of amides is 1. The molecule has 158 valence electrons. The molecular weight excluding hydrogens is 407 g/mol. The number of halogens is 3. The van der Waals surface area contributed by atoms with Gasteiger partial charge in [0.1, 0.15) is 5.76 Å². The van der Waals surface area contributed by atoms with Crippen LogP contribution in [0.25, 0.3) is 0 Å². The van der Waals surface area contributed by atoms with Crippen LogP contribution in [-0.4, -0.2) is 24.7 Å². The monoisotopic (exact) mass is 429 g/mol. The first-order chi connectivity index (χ1) is 13.4. The Kier molecular flexibility index (Phi) is 6.72. The first-order valence-corrected chi connectivity index (χ1v) is 9.75. The van der Waals surface area contributed by atoms with Crippen molar-refractivity contribution < 1.29 is 31.9 Å². The summed E-state index contributed by atoms with van der Waals surface area (Å²) in [5.74, 6) is -0.673. The summed E-state index contributed by atoms with van der Waals surface area (Å²) in [6.45, 7) is 7.37. The molecule has 0 saturated heterocycles. The van der Waals surface area contributed by atoms with Crippen LogP contribution >= 0.6 is 11.8 Å². The maximum atomic E-state index is 13.0. The van der Waals surface area contributed by atoms with Crippen molar-refractivity contribution in [2.45, 2.75) is 44.2 Å². The van der Waals surface area contributed by atoms with Crippen LogP contribution in [0, 0.1) is 0 Å². The molecule has 1 aromatic carbocycles. The standard InChI is InChI=1S/C20H22F3NO4S/c1-6-29-14-9-11(20(21,22)23)7-8-12(14)17(25)24-13-10-15(19(2,3)4)28-16(13)18(26)27-5/h7-10H,6H2,1-5H3,(H,24,25). The molecule has 0 spiro atoms. The Morgan fingerprint density at radius 2 is 1.83 bits per heavy atom. The number of furan rings is 1. The van der Waals surface area contributed by atoms with E-state index in [0.717, 1.165) is 30.0 Å². The molecule has 29 heavy (non-hydrogen) atoms. The molecule has 0 saturated carbocycles. The van der Waals surface area contributed by atoms with Crippen LogP contribution in [0.3, 0.4) is 0 Å². The van der Waals surface area contributed by atoms with E-state index in [1.165, 1.54) is 13.2 Å². The van der Waals surface area contributed by atoms with Crippen molar-refractivity contribution in [3.63, 3.8) is 0 Å². The minimum Gasteiger partial charge on any atom is -0.463 e. The molecule has 0 unspecified atom stereocenters. The van der Waals surface area contributed by atoms with Crippen molar-refractivity contribution >= 4 is 29.3 Å². The number of anilines is 1. The Bertz CT molecular complexity index is 913. The first kappa shape index (κ1) is 22.9. The minimum absolute atomic E-state index is 0.0687. The minimum atomic E-state index is -4.51. The SMILES string of the molecule is CCSc1cc(C(F)(F)F)ccc1C(=O)Nc1cc(C(C)(C)C)oc1C(=O)OC. The van der Waals surface area contributed by atoms with Crippen molar-refractivity contribution in [3.8, 4) is 0 Å². The zero-order chi connectivity index (χ0) is 22.0. The van der Waals surface area contributed by atoms with E-state index in [2.05, 4.69) is 5.32 Å². The fourth-order valence-corrected chi connectivity index (χ4v) is 3.29. The van der Waals surface area contributed by atoms with Crippen LogP contribution in [0.2, 0.25) is 0 Å². The molecule has 1 heterocycles. The summed E-state index contributed by atoms with van der Waals surface area (Å²) in [5, 5.41) is 2.56. The van der Waals surface area contributed by atoms with Crippen molar-refractivity contribution in [2.75, 3.05) is 18.2 Å². The van der Waals surface area contributed by atoms with Crippen molar-refractivity contribution in [1.82, 2.24) is 0 Å². The van der Waals surface area contributed by atoms with Crippen LogP contribution in [-0.2, 0) is 16.3 Å². The van der Waals surface area contributed by atoms with Gasteiger partial charge in [0.2, 0.25) is 5.76 Å². The van der Waals surface area contributed by atoms with Crippen LogP contribution < -0.4 is 5.32 Å². The lowest BCUT2D eigenvalue weighted by atomic mass is 9.93. The number of carbonyl (C=O) groups is 2. The van der Waals surface area contributed by atoms with Crippen LogP contribution in [0.15, 0.2) is 33.6 Å². The van der Waals surface area contributed by atoms with Gasteiger partial charge in [0.25, 0.3) is 5.91 Å². The number of rotatable bonds is 5. The number of hydrogen-bond acceptors (Lipinski definition) is 5. The second-order valence-corrected chi connectivity index (χ2v) is 8.50. The highest BCUT2D eigenvalue weighted by Crippen LogP contribution is 2.35. The summed E-state index contributed by atoms with van der Waals surface area (Å²) < 4.78 is 49.3. The van der Waals surface area contributed by atoms with Gasteiger partial charge in [0, 0.05) is 16.4 Å². The van der Waals surface area contributed by atoms with Crippen molar-refractivity contribution in [2.24, 2.45) is 0 Å². The molecule has 1 aromatic heterocycles. The molecule has 0 aliphatic heterocycles. The molecule has 2 rings (SSSR count). The van der Waals surface area contributed by atoms with Crippen LogP contribution in [0.4, 0.5) is 18.9 Å². The normalized spacial score (nSPS) is 12.0. The van der Waals surface area contributed by atoms with Gasteiger partial charge in [-0.3, -0.25) is 4.79 Å². The molecule has 0 radical (unpaired) electrons. The molecule has 2 aromatic rings. The highest BCUT2D eigenvalue weighted by molar-refractivity contribution is 7.99. The van der Waals surface area contributed by atoms with Gasteiger partial charge in [0.05, 0.1) is 23.9 Å². The Hall–Kier alpha value is -2.42. The summed E-state index contributed by atoms with van der Waals surface area (Å²) in [5.41, 5.74) is -1.11. The third-order valence-corrected chi connectivity index (χ3v) is 4.88.